The van der Waals surface area contributed by atoms with Gasteiger partial charge in [0.25, 0.3) is 0 Å². The first-order valence-corrected chi connectivity index (χ1v) is 13.6. The minimum atomic E-state index is -4.46. The van der Waals surface area contributed by atoms with E-state index in [0.717, 1.165) is 50.7 Å². The minimum absolute atomic E-state index is 0.0514. The number of alkyl halides is 3. The third kappa shape index (κ3) is 6.31. The van der Waals surface area contributed by atoms with Crippen molar-refractivity contribution in [3.63, 3.8) is 0 Å². The van der Waals surface area contributed by atoms with Crippen LogP contribution in [0.1, 0.15) is 69.0 Å². The Balaban J connectivity index is 1.63. The molecule has 0 spiro atoms. The maximum absolute atomic E-state index is 14.0. The van der Waals surface area contributed by atoms with Crippen LogP contribution in [0.5, 0.6) is 0 Å². The van der Waals surface area contributed by atoms with Crippen LogP contribution in [-0.4, -0.2) is 47.4 Å². The first-order valence-electron chi connectivity index (χ1n) is 13.2. The number of hydrogen-bond donors (Lipinski definition) is 2. The van der Waals surface area contributed by atoms with E-state index in [1.54, 1.807) is 31.0 Å². The van der Waals surface area contributed by atoms with Crippen molar-refractivity contribution in [1.29, 1.82) is 0 Å². The summed E-state index contributed by atoms with van der Waals surface area (Å²) in [6.45, 7) is 2.26. The van der Waals surface area contributed by atoms with E-state index in [2.05, 4.69) is 15.6 Å². The highest BCUT2D eigenvalue weighted by Crippen LogP contribution is 2.39. The summed E-state index contributed by atoms with van der Waals surface area (Å²) in [7, 11) is 1.70. The van der Waals surface area contributed by atoms with E-state index in [-0.39, 0.29) is 28.9 Å². The molecular weight excluding hydrogens is 517 g/mol. The summed E-state index contributed by atoms with van der Waals surface area (Å²) >= 11 is 6.50. The van der Waals surface area contributed by atoms with Gasteiger partial charge < -0.3 is 15.5 Å². The lowest BCUT2D eigenvalue weighted by Crippen LogP contribution is -2.55. The van der Waals surface area contributed by atoms with Crippen molar-refractivity contribution in [2.75, 3.05) is 13.6 Å². The summed E-state index contributed by atoms with van der Waals surface area (Å²) in [5, 5.41) is 6.15. The first kappa shape index (κ1) is 28.4. The predicted octanol–water partition coefficient (Wildman–Crippen LogP) is 5.76. The topological polar surface area (TPSA) is 74.3 Å². The van der Waals surface area contributed by atoms with E-state index in [1.807, 2.05) is 0 Å². The molecule has 1 saturated heterocycles. The standard InChI is InChI=1S/C28H34ClF3N4O2/c1-17(33-2)26(37)35-24(18-8-4-3-5-9-18)27(38)36-13-7-12-23(36)22-15-20(16-34-25(22)29)19-10-6-11-21(14-19)28(30,31)32/h6,10-11,14-18,23-24,33H,3-5,7-9,12-13H2,1-2H3,(H,35,37)/t17?,23?,24-/m0/s1. The Hall–Kier alpha value is -2.65. The van der Waals surface area contributed by atoms with Gasteiger partial charge in [0, 0.05) is 23.9 Å². The van der Waals surface area contributed by atoms with E-state index in [9.17, 15) is 22.8 Å². The largest absolute Gasteiger partial charge is 0.416 e. The van der Waals surface area contributed by atoms with Crippen molar-refractivity contribution in [2.45, 2.75) is 76.2 Å². The Morgan fingerprint density at radius 2 is 1.82 bits per heavy atom. The molecule has 1 aliphatic heterocycles. The Kier molecular flexibility index (Phi) is 8.98. The molecular formula is C28H34ClF3N4O2. The van der Waals surface area contributed by atoms with Crippen LogP contribution in [0.2, 0.25) is 5.15 Å². The molecule has 1 aliphatic carbocycles. The summed E-state index contributed by atoms with van der Waals surface area (Å²) in [5.74, 6) is -0.314. The summed E-state index contributed by atoms with van der Waals surface area (Å²) in [4.78, 5) is 32.8. The number of hydrogen-bond acceptors (Lipinski definition) is 4. The normalized spacial score (nSPS) is 20.3. The maximum Gasteiger partial charge on any atom is 0.416 e. The molecule has 2 aliphatic rings. The monoisotopic (exact) mass is 550 g/mol. The lowest BCUT2D eigenvalue weighted by Gasteiger charge is -2.35. The van der Waals surface area contributed by atoms with Gasteiger partial charge in [-0.05, 0) is 69.3 Å². The van der Waals surface area contributed by atoms with Crippen molar-refractivity contribution in [2.24, 2.45) is 5.92 Å². The minimum Gasteiger partial charge on any atom is -0.343 e. The van der Waals surface area contributed by atoms with E-state index in [4.69, 9.17) is 11.6 Å². The summed E-state index contributed by atoms with van der Waals surface area (Å²) in [6.07, 6.45) is 3.29. The van der Waals surface area contributed by atoms with E-state index >= 15 is 0 Å². The number of carbonyl (C=O) groups excluding carboxylic acids is 2. The van der Waals surface area contributed by atoms with Crippen LogP contribution in [0.3, 0.4) is 0 Å². The number of pyridine rings is 1. The smallest absolute Gasteiger partial charge is 0.343 e. The lowest BCUT2D eigenvalue weighted by molar-refractivity contribution is -0.139. The average Bonchev–Trinajstić information content (AvgIpc) is 3.41. The Morgan fingerprint density at radius 1 is 1.08 bits per heavy atom. The second-order valence-electron chi connectivity index (χ2n) is 10.3. The van der Waals surface area contributed by atoms with Crippen molar-refractivity contribution in [3.8, 4) is 11.1 Å². The molecule has 0 bridgehead atoms. The third-order valence-electron chi connectivity index (χ3n) is 7.80. The summed E-state index contributed by atoms with van der Waals surface area (Å²) in [6, 6.07) is 5.35. The van der Waals surface area contributed by atoms with E-state index in [1.165, 1.54) is 12.3 Å². The highest BCUT2D eigenvalue weighted by Gasteiger charge is 2.40. The number of aromatic nitrogens is 1. The Morgan fingerprint density at radius 3 is 2.50 bits per heavy atom. The van der Waals surface area contributed by atoms with Gasteiger partial charge in [0.05, 0.1) is 17.6 Å². The SMILES string of the molecule is CNC(C)C(=O)N[C@H](C(=O)N1CCCC1c1cc(-c2cccc(C(F)(F)F)c2)cnc1Cl)C1CCCCC1. The van der Waals surface area contributed by atoms with E-state index in [0.29, 0.717) is 29.7 Å². The average molecular weight is 551 g/mol. The number of rotatable bonds is 7. The number of likely N-dealkylation sites (tertiary alicyclic amines) is 1. The van der Waals surface area contributed by atoms with Gasteiger partial charge in [-0.3, -0.25) is 9.59 Å². The predicted molar refractivity (Wildman–Crippen MR) is 140 cm³/mol. The molecule has 2 amide bonds. The molecule has 2 N–H and O–H groups in total. The number of carbonyl (C=O) groups is 2. The number of nitrogens with one attached hydrogen (secondary N) is 2. The maximum atomic E-state index is 14.0. The fraction of sp³-hybridized carbons (Fsp3) is 0.536. The van der Waals surface area contributed by atoms with Gasteiger partial charge in [-0.2, -0.15) is 13.2 Å². The van der Waals surface area contributed by atoms with Crippen LogP contribution in [0.25, 0.3) is 11.1 Å². The van der Waals surface area contributed by atoms with Gasteiger partial charge in [-0.15, -0.1) is 0 Å². The number of amides is 2. The molecule has 2 fully saturated rings. The Labute approximate surface area is 226 Å². The van der Waals surface area contributed by atoms with Crippen molar-refractivity contribution in [1.82, 2.24) is 20.5 Å². The van der Waals surface area contributed by atoms with Crippen LogP contribution in [0.4, 0.5) is 13.2 Å². The number of nitrogens with zero attached hydrogens (tertiary/aromatic N) is 2. The van der Waals surface area contributed by atoms with Gasteiger partial charge in [0.15, 0.2) is 0 Å². The van der Waals surface area contributed by atoms with E-state index < -0.39 is 23.8 Å². The van der Waals surface area contributed by atoms with Crippen LogP contribution in [0.15, 0.2) is 36.5 Å². The number of halogens is 4. The zero-order chi connectivity index (χ0) is 27.4. The number of likely N-dealkylation sites (N-methyl/N-ethyl adjacent to an activating group) is 1. The summed E-state index contributed by atoms with van der Waals surface area (Å²) in [5.41, 5.74) is 0.722. The molecule has 38 heavy (non-hydrogen) atoms. The highest BCUT2D eigenvalue weighted by atomic mass is 35.5. The van der Waals surface area contributed by atoms with Gasteiger partial charge in [0.1, 0.15) is 11.2 Å². The number of benzene rings is 1. The molecule has 2 heterocycles. The lowest BCUT2D eigenvalue weighted by atomic mass is 9.83. The molecule has 2 aromatic rings. The second kappa shape index (κ2) is 12.0. The molecule has 1 aromatic heterocycles. The molecule has 6 nitrogen and oxygen atoms in total. The molecule has 10 heteroatoms. The molecule has 1 saturated carbocycles. The summed E-state index contributed by atoms with van der Waals surface area (Å²) < 4.78 is 39.9. The van der Waals surface area contributed by atoms with Crippen molar-refractivity contribution < 1.29 is 22.8 Å². The molecule has 3 atom stereocenters. The first-order chi connectivity index (χ1) is 18.1. The van der Waals surface area contributed by atoms with Crippen LogP contribution < -0.4 is 10.6 Å². The molecule has 206 valence electrons. The molecule has 4 rings (SSSR count). The van der Waals surface area contributed by atoms with Crippen molar-refractivity contribution >= 4 is 23.4 Å². The zero-order valence-electron chi connectivity index (χ0n) is 21.7. The second-order valence-corrected chi connectivity index (χ2v) is 10.6. The Bertz CT molecular complexity index is 1150. The fourth-order valence-corrected chi connectivity index (χ4v) is 5.75. The van der Waals surface area contributed by atoms with Crippen LogP contribution >= 0.6 is 11.6 Å². The van der Waals surface area contributed by atoms with Gasteiger partial charge in [0.2, 0.25) is 11.8 Å². The van der Waals surface area contributed by atoms with Gasteiger partial charge in [-0.25, -0.2) is 4.98 Å². The quantitative estimate of drug-likeness (QED) is 0.430. The van der Waals surface area contributed by atoms with Crippen LogP contribution in [0, 0.1) is 5.92 Å². The van der Waals surface area contributed by atoms with Crippen molar-refractivity contribution in [3.05, 3.63) is 52.8 Å². The molecule has 0 radical (unpaired) electrons. The molecule has 1 aromatic carbocycles. The van der Waals surface area contributed by atoms with Crippen LogP contribution in [-0.2, 0) is 15.8 Å². The van der Waals surface area contributed by atoms with Gasteiger partial charge in [-0.1, -0.05) is 43.0 Å². The third-order valence-corrected chi connectivity index (χ3v) is 8.11. The van der Waals surface area contributed by atoms with Gasteiger partial charge >= 0.3 is 6.18 Å². The fourth-order valence-electron chi connectivity index (χ4n) is 5.52. The zero-order valence-corrected chi connectivity index (χ0v) is 22.4. The molecule has 2 unspecified atom stereocenters. The highest BCUT2D eigenvalue weighted by molar-refractivity contribution is 6.30.